The second-order valence-corrected chi connectivity index (χ2v) is 4.59. The van der Waals surface area contributed by atoms with E-state index in [-0.39, 0.29) is 18.4 Å². The van der Waals surface area contributed by atoms with Gasteiger partial charge in [0.15, 0.2) is 0 Å². The molecular formula is C14H20F3NO. The van der Waals surface area contributed by atoms with Crippen molar-refractivity contribution in [2.45, 2.75) is 32.5 Å². The van der Waals surface area contributed by atoms with Crippen LogP contribution in [-0.4, -0.2) is 19.7 Å². The third-order valence-corrected chi connectivity index (χ3v) is 3.31. The predicted molar refractivity (Wildman–Crippen MR) is 69.2 cm³/mol. The number of benzene rings is 1. The molecule has 19 heavy (non-hydrogen) atoms. The average Bonchev–Trinajstić information content (AvgIpc) is 2.38. The Bertz CT molecular complexity index is 393. The number of alkyl halides is 3. The first kappa shape index (κ1) is 15.8. The summed E-state index contributed by atoms with van der Waals surface area (Å²) in [5.74, 6) is 0.224. The van der Waals surface area contributed by atoms with E-state index in [0.29, 0.717) is 5.92 Å². The number of rotatable bonds is 6. The first-order valence-electron chi connectivity index (χ1n) is 6.36. The number of hydrogen-bond donors (Lipinski definition) is 1. The van der Waals surface area contributed by atoms with E-state index < -0.39 is 11.7 Å². The molecule has 5 heteroatoms. The molecule has 1 aromatic carbocycles. The van der Waals surface area contributed by atoms with Gasteiger partial charge in [-0.25, -0.2) is 0 Å². The highest BCUT2D eigenvalue weighted by atomic mass is 19.4. The van der Waals surface area contributed by atoms with Crippen molar-refractivity contribution in [3.63, 3.8) is 0 Å². The molecule has 1 rings (SSSR count). The molecule has 108 valence electrons. The van der Waals surface area contributed by atoms with Crippen molar-refractivity contribution in [3.8, 4) is 5.75 Å². The van der Waals surface area contributed by atoms with Gasteiger partial charge in [-0.2, -0.15) is 13.2 Å². The molecule has 0 fully saturated rings. The minimum absolute atomic E-state index is 0.0336. The van der Waals surface area contributed by atoms with Crippen LogP contribution in [0.3, 0.4) is 0 Å². The zero-order valence-electron chi connectivity index (χ0n) is 11.4. The first-order chi connectivity index (χ1) is 8.90. The van der Waals surface area contributed by atoms with Gasteiger partial charge in [0.25, 0.3) is 0 Å². The van der Waals surface area contributed by atoms with Crippen molar-refractivity contribution in [2.75, 3.05) is 13.7 Å². The molecule has 0 amide bonds. The van der Waals surface area contributed by atoms with Gasteiger partial charge in [-0.05, 0) is 25.1 Å². The van der Waals surface area contributed by atoms with E-state index >= 15 is 0 Å². The lowest BCUT2D eigenvalue weighted by molar-refractivity contribution is -0.139. The molecule has 0 bridgehead atoms. The fraction of sp³-hybridized carbons (Fsp3) is 0.571. The van der Waals surface area contributed by atoms with Crippen molar-refractivity contribution in [1.82, 2.24) is 5.32 Å². The molecule has 0 saturated heterocycles. The molecule has 0 heterocycles. The molecule has 2 atom stereocenters. The molecule has 0 aromatic heterocycles. The molecule has 0 aliphatic heterocycles. The highest BCUT2D eigenvalue weighted by Gasteiger charge is 2.34. The highest BCUT2D eigenvalue weighted by molar-refractivity contribution is 5.35. The fourth-order valence-electron chi connectivity index (χ4n) is 1.82. The molecule has 0 aliphatic carbocycles. The maximum atomic E-state index is 12.8. The Morgan fingerprint density at radius 1 is 1.26 bits per heavy atom. The van der Waals surface area contributed by atoms with Gasteiger partial charge in [0.2, 0.25) is 0 Å². The van der Waals surface area contributed by atoms with Gasteiger partial charge in [0.05, 0.1) is 5.56 Å². The van der Waals surface area contributed by atoms with Gasteiger partial charge in [-0.1, -0.05) is 32.4 Å². The summed E-state index contributed by atoms with van der Waals surface area (Å²) in [5.41, 5.74) is -0.728. The molecule has 1 N–H and O–H groups in total. The average molecular weight is 275 g/mol. The SMILES string of the molecule is CCC(C)C(COc1ccccc1C(F)(F)F)NC. The second-order valence-electron chi connectivity index (χ2n) is 4.59. The van der Waals surface area contributed by atoms with Crippen molar-refractivity contribution >= 4 is 0 Å². The summed E-state index contributed by atoms with van der Waals surface area (Å²) in [6.07, 6.45) is -3.45. The zero-order chi connectivity index (χ0) is 14.5. The largest absolute Gasteiger partial charge is 0.491 e. The molecule has 1 aromatic rings. The van der Waals surface area contributed by atoms with Crippen LogP contribution in [-0.2, 0) is 6.18 Å². The van der Waals surface area contributed by atoms with Crippen LogP contribution in [0.1, 0.15) is 25.8 Å². The third-order valence-electron chi connectivity index (χ3n) is 3.31. The van der Waals surface area contributed by atoms with Gasteiger partial charge >= 0.3 is 6.18 Å². The minimum Gasteiger partial charge on any atom is -0.491 e. The van der Waals surface area contributed by atoms with E-state index in [4.69, 9.17) is 4.74 Å². The monoisotopic (exact) mass is 275 g/mol. The molecule has 0 spiro atoms. The van der Waals surface area contributed by atoms with E-state index in [1.807, 2.05) is 13.8 Å². The standard InChI is InChI=1S/C14H20F3NO/c1-4-10(2)12(18-3)9-19-13-8-6-5-7-11(13)14(15,16)17/h5-8,10,12,18H,4,9H2,1-3H3. The number of nitrogens with one attached hydrogen (secondary N) is 1. The summed E-state index contributed by atoms with van der Waals surface area (Å²) >= 11 is 0. The Morgan fingerprint density at radius 3 is 2.42 bits per heavy atom. The molecule has 0 saturated carbocycles. The molecule has 0 aliphatic rings. The van der Waals surface area contributed by atoms with Crippen molar-refractivity contribution in [3.05, 3.63) is 29.8 Å². The Hall–Kier alpha value is -1.23. The topological polar surface area (TPSA) is 21.3 Å². The Balaban J connectivity index is 2.78. The zero-order valence-corrected chi connectivity index (χ0v) is 11.4. The predicted octanol–water partition coefficient (Wildman–Crippen LogP) is 3.72. The van der Waals surface area contributed by atoms with Gasteiger partial charge in [0.1, 0.15) is 12.4 Å². The Kier molecular flexibility index (Phi) is 5.66. The van der Waals surface area contributed by atoms with Crippen molar-refractivity contribution in [1.29, 1.82) is 0 Å². The fourth-order valence-corrected chi connectivity index (χ4v) is 1.82. The summed E-state index contributed by atoms with van der Waals surface area (Å²) in [6, 6.07) is 5.33. The number of ether oxygens (including phenoxy) is 1. The number of likely N-dealkylation sites (N-methyl/N-ethyl adjacent to an activating group) is 1. The van der Waals surface area contributed by atoms with Crippen LogP contribution in [0.2, 0.25) is 0 Å². The molecule has 0 radical (unpaired) electrons. The van der Waals surface area contributed by atoms with E-state index in [1.54, 1.807) is 13.1 Å². The maximum absolute atomic E-state index is 12.8. The van der Waals surface area contributed by atoms with Crippen LogP contribution in [0.25, 0.3) is 0 Å². The summed E-state index contributed by atoms with van der Waals surface area (Å²) in [6.45, 7) is 4.30. The lowest BCUT2D eigenvalue weighted by Gasteiger charge is -2.23. The van der Waals surface area contributed by atoms with Gasteiger partial charge in [0, 0.05) is 6.04 Å². The smallest absolute Gasteiger partial charge is 0.419 e. The van der Waals surface area contributed by atoms with Crippen LogP contribution in [0.5, 0.6) is 5.75 Å². The highest BCUT2D eigenvalue weighted by Crippen LogP contribution is 2.35. The summed E-state index contributed by atoms with van der Waals surface area (Å²) in [4.78, 5) is 0. The van der Waals surface area contributed by atoms with Crippen LogP contribution >= 0.6 is 0 Å². The molecule has 2 nitrogen and oxygen atoms in total. The van der Waals surface area contributed by atoms with Gasteiger partial charge < -0.3 is 10.1 Å². The summed E-state index contributed by atoms with van der Waals surface area (Å²) in [5, 5.41) is 3.07. The maximum Gasteiger partial charge on any atom is 0.419 e. The summed E-state index contributed by atoms with van der Waals surface area (Å²) < 4.78 is 43.7. The third kappa shape index (κ3) is 4.42. The van der Waals surface area contributed by atoms with E-state index in [0.717, 1.165) is 12.5 Å². The normalized spacial score (nSPS) is 15.1. The second kappa shape index (κ2) is 6.80. The lowest BCUT2D eigenvalue weighted by Crippen LogP contribution is -2.37. The van der Waals surface area contributed by atoms with Crippen LogP contribution in [0.15, 0.2) is 24.3 Å². The molecule has 2 unspecified atom stereocenters. The van der Waals surface area contributed by atoms with E-state index in [1.165, 1.54) is 12.1 Å². The Morgan fingerprint density at radius 2 is 1.89 bits per heavy atom. The Labute approximate surface area is 112 Å². The minimum atomic E-state index is -4.39. The van der Waals surface area contributed by atoms with E-state index in [2.05, 4.69) is 5.32 Å². The quantitative estimate of drug-likeness (QED) is 0.854. The number of hydrogen-bond acceptors (Lipinski definition) is 2. The lowest BCUT2D eigenvalue weighted by atomic mass is 10.0. The van der Waals surface area contributed by atoms with Gasteiger partial charge in [-0.15, -0.1) is 0 Å². The summed E-state index contributed by atoms with van der Waals surface area (Å²) in [7, 11) is 1.79. The van der Waals surface area contributed by atoms with Gasteiger partial charge in [-0.3, -0.25) is 0 Å². The van der Waals surface area contributed by atoms with Crippen LogP contribution in [0, 0.1) is 5.92 Å². The number of para-hydroxylation sites is 1. The van der Waals surface area contributed by atoms with E-state index in [9.17, 15) is 13.2 Å². The molecular weight excluding hydrogens is 255 g/mol. The van der Waals surface area contributed by atoms with Crippen molar-refractivity contribution in [2.24, 2.45) is 5.92 Å². The van der Waals surface area contributed by atoms with Crippen LogP contribution < -0.4 is 10.1 Å². The first-order valence-corrected chi connectivity index (χ1v) is 6.36. The number of halogens is 3. The van der Waals surface area contributed by atoms with Crippen LogP contribution in [0.4, 0.5) is 13.2 Å². The van der Waals surface area contributed by atoms with Crippen molar-refractivity contribution < 1.29 is 17.9 Å².